The van der Waals surface area contributed by atoms with Crippen LogP contribution >= 0.6 is 0 Å². The van der Waals surface area contributed by atoms with Gasteiger partial charge in [0.1, 0.15) is 29.0 Å². The van der Waals surface area contributed by atoms with Gasteiger partial charge >= 0.3 is 0 Å². The molecule has 0 amide bonds. The summed E-state index contributed by atoms with van der Waals surface area (Å²) in [6.07, 6.45) is 5.44. The van der Waals surface area contributed by atoms with E-state index in [4.69, 9.17) is 9.26 Å². The summed E-state index contributed by atoms with van der Waals surface area (Å²) >= 11 is 0. The van der Waals surface area contributed by atoms with Crippen LogP contribution in [0.1, 0.15) is 19.3 Å². The number of nitrogens with one attached hydrogen (secondary N) is 1. The highest BCUT2D eigenvalue weighted by Crippen LogP contribution is 2.32. The molecule has 0 atom stereocenters. The van der Waals surface area contributed by atoms with E-state index >= 15 is 0 Å². The number of benzene rings is 1. The van der Waals surface area contributed by atoms with E-state index in [1.165, 1.54) is 38.7 Å². The third-order valence-electron chi connectivity index (χ3n) is 4.79. The number of rotatable bonds is 6. The van der Waals surface area contributed by atoms with Gasteiger partial charge in [-0.25, -0.2) is 4.98 Å². The Morgan fingerprint density at radius 3 is 2.92 bits per heavy atom. The Morgan fingerprint density at radius 2 is 2.08 bits per heavy atom. The van der Waals surface area contributed by atoms with Crippen LogP contribution in [0.5, 0.6) is 5.75 Å². The zero-order valence-electron chi connectivity index (χ0n) is 14.9. The summed E-state index contributed by atoms with van der Waals surface area (Å²) in [5, 5.41) is 8.46. The lowest BCUT2D eigenvalue weighted by Crippen LogP contribution is -2.33. The molecular formula is C19H23N5O2. The summed E-state index contributed by atoms with van der Waals surface area (Å²) in [6.45, 7) is 4.20. The van der Waals surface area contributed by atoms with Gasteiger partial charge in [-0.1, -0.05) is 23.7 Å². The molecule has 0 spiro atoms. The van der Waals surface area contributed by atoms with E-state index in [1.54, 1.807) is 7.11 Å². The first kappa shape index (κ1) is 16.8. The van der Waals surface area contributed by atoms with E-state index in [2.05, 4.69) is 25.3 Å². The lowest BCUT2D eigenvalue weighted by molar-refractivity contribution is 0.237. The molecule has 0 radical (unpaired) electrons. The fourth-order valence-electron chi connectivity index (χ4n) is 3.40. The van der Waals surface area contributed by atoms with Gasteiger partial charge in [0.25, 0.3) is 5.71 Å². The van der Waals surface area contributed by atoms with Crippen molar-refractivity contribution in [2.45, 2.75) is 19.3 Å². The molecule has 1 aromatic carbocycles. The van der Waals surface area contributed by atoms with Crippen LogP contribution in [0.15, 0.2) is 35.1 Å². The van der Waals surface area contributed by atoms with Crippen LogP contribution in [0, 0.1) is 0 Å². The monoisotopic (exact) mass is 353 g/mol. The van der Waals surface area contributed by atoms with Gasteiger partial charge in [-0.3, -0.25) is 0 Å². The fourth-order valence-corrected chi connectivity index (χ4v) is 3.40. The molecule has 1 aliphatic rings. The largest absolute Gasteiger partial charge is 0.497 e. The third kappa shape index (κ3) is 3.48. The van der Waals surface area contributed by atoms with Crippen LogP contribution in [0.3, 0.4) is 0 Å². The second-order valence-electron chi connectivity index (χ2n) is 6.49. The fraction of sp³-hybridized carbons (Fsp3) is 0.421. The highest BCUT2D eigenvalue weighted by Gasteiger charge is 2.17. The molecule has 26 heavy (non-hydrogen) atoms. The maximum Gasteiger partial charge on any atom is 0.263 e. The lowest BCUT2D eigenvalue weighted by atomic mass is 10.1. The first-order chi connectivity index (χ1) is 12.8. The Kier molecular flexibility index (Phi) is 4.97. The molecule has 1 N–H and O–H groups in total. The number of methoxy groups -OCH3 is 1. The van der Waals surface area contributed by atoms with Gasteiger partial charge in [0.05, 0.1) is 7.11 Å². The number of anilines is 1. The van der Waals surface area contributed by atoms with Crippen molar-refractivity contribution in [3.63, 3.8) is 0 Å². The van der Waals surface area contributed by atoms with Crippen molar-refractivity contribution >= 4 is 16.9 Å². The van der Waals surface area contributed by atoms with Gasteiger partial charge in [-0.2, -0.15) is 4.98 Å². The first-order valence-electron chi connectivity index (χ1n) is 9.06. The molecule has 7 heteroatoms. The number of hydrogen-bond donors (Lipinski definition) is 1. The molecule has 0 aliphatic carbocycles. The van der Waals surface area contributed by atoms with Crippen LogP contribution in [0.25, 0.3) is 22.4 Å². The van der Waals surface area contributed by atoms with Crippen LogP contribution in [-0.4, -0.2) is 53.3 Å². The summed E-state index contributed by atoms with van der Waals surface area (Å²) in [5.41, 5.74) is 2.12. The smallest absolute Gasteiger partial charge is 0.263 e. The second kappa shape index (κ2) is 7.70. The molecule has 1 saturated heterocycles. The second-order valence-corrected chi connectivity index (χ2v) is 6.49. The SMILES string of the molecule is COc1cccc(-c2noc3ncnc(NCCN4CCCCC4)c23)c1. The molecular weight excluding hydrogens is 330 g/mol. The van der Waals surface area contributed by atoms with E-state index in [9.17, 15) is 0 Å². The minimum Gasteiger partial charge on any atom is -0.497 e. The molecule has 136 valence electrons. The zero-order valence-corrected chi connectivity index (χ0v) is 14.9. The Labute approximate surface area is 152 Å². The molecule has 1 fully saturated rings. The van der Waals surface area contributed by atoms with Gasteiger partial charge < -0.3 is 19.5 Å². The van der Waals surface area contributed by atoms with Crippen molar-refractivity contribution in [1.29, 1.82) is 0 Å². The molecule has 3 aromatic rings. The maximum atomic E-state index is 5.42. The predicted octanol–water partition coefficient (Wildman–Crippen LogP) is 3.19. The number of likely N-dealkylation sites (tertiary alicyclic amines) is 1. The van der Waals surface area contributed by atoms with Crippen molar-refractivity contribution in [3.05, 3.63) is 30.6 Å². The highest BCUT2D eigenvalue weighted by molar-refractivity contribution is 5.97. The van der Waals surface area contributed by atoms with E-state index in [-0.39, 0.29) is 0 Å². The molecule has 1 aliphatic heterocycles. The van der Waals surface area contributed by atoms with Crippen LogP contribution in [-0.2, 0) is 0 Å². The molecule has 0 saturated carbocycles. The average Bonchev–Trinajstić information content (AvgIpc) is 3.14. The van der Waals surface area contributed by atoms with Crippen LogP contribution < -0.4 is 10.1 Å². The number of hydrogen-bond acceptors (Lipinski definition) is 7. The average molecular weight is 353 g/mol. The highest BCUT2D eigenvalue weighted by atomic mass is 16.5. The number of aromatic nitrogens is 3. The van der Waals surface area contributed by atoms with Gasteiger partial charge in [0, 0.05) is 18.7 Å². The summed E-state index contributed by atoms with van der Waals surface area (Å²) in [4.78, 5) is 11.1. The van der Waals surface area contributed by atoms with Crippen LogP contribution in [0.2, 0.25) is 0 Å². The van der Waals surface area contributed by atoms with E-state index in [1.807, 2.05) is 24.3 Å². The minimum atomic E-state index is 0.485. The van der Waals surface area contributed by atoms with Crippen molar-refractivity contribution in [2.24, 2.45) is 0 Å². The maximum absolute atomic E-state index is 5.42. The quantitative estimate of drug-likeness (QED) is 0.729. The number of nitrogens with zero attached hydrogens (tertiary/aromatic N) is 4. The summed E-state index contributed by atoms with van der Waals surface area (Å²) < 4.78 is 10.7. The van der Waals surface area contributed by atoms with Crippen molar-refractivity contribution in [1.82, 2.24) is 20.0 Å². The van der Waals surface area contributed by atoms with E-state index < -0.39 is 0 Å². The third-order valence-corrected chi connectivity index (χ3v) is 4.79. The summed E-state index contributed by atoms with van der Waals surface area (Å²) in [6, 6.07) is 7.74. The summed E-state index contributed by atoms with van der Waals surface area (Å²) in [5.74, 6) is 1.53. The summed E-state index contributed by atoms with van der Waals surface area (Å²) in [7, 11) is 1.65. The van der Waals surface area contributed by atoms with Gasteiger partial charge in [0.2, 0.25) is 0 Å². The van der Waals surface area contributed by atoms with Gasteiger partial charge in [-0.05, 0) is 38.1 Å². The Hall–Kier alpha value is -2.67. The molecule has 3 heterocycles. The van der Waals surface area contributed by atoms with Gasteiger partial charge in [-0.15, -0.1) is 0 Å². The predicted molar refractivity (Wildman–Crippen MR) is 100 cm³/mol. The molecule has 4 rings (SSSR count). The standard InChI is InChI=1S/C19H23N5O2/c1-25-15-7-5-6-14(12-15)17-16-18(21-13-22-19(16)26-23-17)20-8-11-24-9-3-2-4-10-24/h5-7,12-13H,2-4,8-11H2,1H3,(H,20,21,22). The first-order valence-corrected chi connectivity index (χ1v) is 9.06. The minimum absolute atomic E-state index is 0.485. The number of piperidine rings is 1. The van der Waals surface area contributed by atoms with E-state index in [0.717, 1.165) is 41.3 Å². The van der Waals surface area contributed by atoms with Gasteiger partial charge in [0.15, 0.2) is 0 Å². The van der Waals surface area contributed by atoms with E-state index in [0.29, 0.717) is 5.71 Å². The lowest BCUT2D eigenvalue weighted by Gasteiger charge is -2.26. The number of fused-ring (bicyclic) bond motifs is 1. The molecule has 0 unspecified atom stereocenters. The molecule has 0 bridgehead atoms. The van der Waals surface area contributed by atoms with Crippen molar-refractivity contribution < 1.29 is 9.26 Å². The molecule has 2 aromatic heterocycles. The molecule has 7 nitrogen and oxygen atoms in total. The normalized spacial score (nSPS) is 15.3. The van der Waals surface area contributed by atoms with Crippen molar-refractivity contribution in [3.8, 4) is 17.0 Å². The number of ether oxygens (including phenoxy) is 1. The Bertz CT molecular complexity index is 873. The van der Waals surface area contributed by atoms with Crippen molar-refractivity contribution in [2.75, 3.05) is 38.6 Å². The topological polar surface area (TPSA) is 76.3 Å². The zero-order chi connectivity index (χ0) is 17.8. The van der Waals surface area contributed by atoms with Crippen LogP contribution in [0.4, 0.5) is 5.82 Å². The Morgan fingerprint density at radius 1 is 1.19 bits per heavy atom. The Balaban J connectivity index is 1.57.